The van der Waals surface area contributed by atoms with Crippen LogP contribution in [0.5, 0.6) is 0 Å². The summed E-state index contributed by atoms with van der Waals surface area (Å²) < 4.78 is 42.3. The molecular weight excluding hydrogens is 395 g/mol. The maximum absolute atomic E-state index is 13.4. The van der Waals surface area contributed by atoms with E-state index in [4.69, 9.17) is 5.26 Å². The van der Waals surface area contributed by atoms with E-state index >= 15 is 0 Å². The largest absolute Gasteiger partial charge is 0.416 e. The second-order valence-corrected chi connectivity index (χ2v) is 6.57. The molecule has 128 valence electrons. The molecule has 0 bridgehead atoms. The van der Waals surface area contributed by atoms with Gasteiger partial charge in [-0.1, -0.05) is 22.0 Å². The van der Waals surface area contributed by atoms with Gasteiger partial charge in [-0.2, -0.15) is 18.4 Å². The molecule has 3 aromatic rings. The highest BCUT2D eigenvalue weighted by atomic mass is 79.9. The molecule has 0 radical (unpaired) electrons. The molecule has 0 aliphatic heterocycles. The van der Waals surface area contributed by atoms with Crippen LogP contribution >= 0.6 is 15.9 Å². The van der Waals surface area contributed by atoms with E-state index in [0.717, 1.165) is 22.7 Å². The highest BCUT2D eigenvalue weighted by molar-refractivity contribution is 9.10. The number of pyridine rings is 1. The van der Waals surface area contributed by atoms with Crippen LogP contribution < -0.4 is 0 Å². The van der Waals surface area contributed by atoms with Gasteiger partial charge in [0.25, 0.3) is 0 Å². The van der Waals surface area contributed by atoms with E-state index < -0.39 is 11.7 Å². The number of alkyl halides is 3. The average Bonchev–Trinajstić information content (AvgIpc) is 2.82. The summed E-state index contributed by atoms with van der Waals surface area (Å²) in [5.74, 6) is 0. The fraction of sp³-hybridized carbons (Fsp3) is 0.222. The van der Waals surface area contributed by atoms with E-state index in [1.807, 2.05) is 6.07 Å². The van der Waals surface area contributed by atoms with Gasteiger partial charge in [0.2, 0.25) is 0 Å². The molecule has 0 aliphatic carbocycles. The van der Waals surface area contributed by atoms with Crippen LogP contribution in [-0.4, -0.2) is 9.55 Å². The van der Waals surface area contributed by atoms with Crippen molar-refractivity contribution in [1.82, 2.24) is 9.55 Å². The lowest BCUT2D eigenvalue weighted by Gasteiger charge is -2.15. The third-order valence-corrected chi connectivity index (χ3v) is 4.66. The van der Waals surface area contributed by atoms with E-state index in [0.29, 0.717) is 10.1 Å². The molecule has 0 saturated heterocycles. The van der Waals surface area contributed by atoms with Gasteiger partial charge < -0.3 is 4.57 Å². The number of benzene rings is 1. The maximum atomic E-state index is 13.4. The van der Waals surface area contributed by atoms with Gasteiger partial charge in [-0.15, -0.1) is 0 Å². The van der Waals surface area contributed by atoms with Gasteiger partial charge in [-0.25, -0.2) is 4.98 Å². The molecule has 0 atom stereocenters. The summed E-state index contributed by atoms with van der Waals surface area (Å²) in [6.07, 6.45) is -2.66. The Labute approximate surface area is 150 Å². The van der Waals surface area contributed by atoms with Crippen molar-refractivity contribution in [2.45, 2.75) is 26.1 Å². The van der Waals surface area contributed by atoms with E-state index in [1.54, 1.807) is 29.8 Å². The fourth-order valence-electron chi connectivity index (χ4n) is 2.98. The number of nitrogens with zero attached hydrogens (tertiary/aromatic N) is 3. The number of aromatic nitrogens is 2. The fourth-order valence-corrected chi connectivity index (χ4v) is 3.34. The van der Waals surface area contributed by atoms with Gasteiger partial charge in [-0.3, -0.25) is 0 Å². The van der Waals surface area contributed by atoms with Gasteiger partial charge in [0.15, 0.2) is 0 Å². The topological polar surface area (TPSA) is 41.6 Å². The lowest BCUT2D eigenvalue weighted by atomic mass is 10.1. The Morgan fingerprint density at radius 3 is 2.72 bits per heavy atom. The number of hydrogen-bond donors (Lipinski definition) is 0. The van der Waals surface area contributed by atoms with Crippen LogP contribution in [0.25, 0.3) is 11.0 Å². The molecule has 0 N–H and O–H groups in total. The Morgan fingerprint density at radius 2 is 2.04 bits per heavy atom. The predicted molar refractivity (Wildman–Crippen MR) is 92.0 cm³/mol. The van der Waals surface area contributed by atoms with Crippen LogP contribution in [-0.2, 0) is 19.1 Å². The van der Waals surface area contributed by atoms with Crippen molar-refractivity contribution in [2.75, 3.05) is 0 Å². The summed E-state index contributed by atoms with van der Waals surface area (Å²) in [5.41, 5.74) is 1.62. The molecule has 2 heterocycles. The van der Waals surface area contributed by atoms with Crippen LogP contribution in [0.15, 0.2) is 41.0 Å². The van der Waals surface area contributed by atoms with Crippen molar-refractivity contribution in [1.29, 1.82) is 5.26 Å². The second-order valence-electron chi connectivity index (χ2n) is 5.66. The molecule has 3 rings (SSSR count). The van der Waals surface area contributed by atoms with Crippen molar-refractivity contribution in [3.05, 3.63) is 63.4 Å². The van der Waals surface area contributed by atoms with Crippen LogP contribution in [0, 0.1) is 18.3 Å². The monoisotopic (exact) mass is 407 g/mol. The first-order chi connectivity index (χ1) is 11.8. The molecular formula is C18H13BrF3N3. The Hall–Kier alpha value is -2.33. The third-order valence-electron chi connectivity index (χ3n) is 4.17. The number of rotatable bonds is 3. The molecule has 0 amide bonds. The zero-order chi connectivity index (χ0) is 18.2. The van der Waals surface area contributed by atoms with Crippen LogP contribution in [0.2, 0.25) is 0 Å². The Balaban J connectivity index is 2.17. The first kappa shape index (κ1) is 17.5. The summed E-state index contributed by atoms with van der Waals surface area (Å²) in [7, 11) is 0. The Morgan fingerprint density at radius 1 is 1.28 bits per heavy atom. The minimum atomic E-state index is -4.45. The minimum Gasteiger partial charge on any atom is -0.325 e. The summed E-state index contributed by atoms with van der Waals surface area (Å²) >= 11 is 3.10. The van der Waals surface area contributed by atoms with Gasteiger partial charge in [0.05, 0.1) is 18.1 Å². The first-order valence-corrected chi connectivity index (χ1v) is 8.27. The summed E-state index contributed by atoms with van der Waals surface area (Å²) in [6, 6.07) is 9.84. The van der Waals surface area contributed by atoms with Gasteiger partial charge in [0, 0.05) is 28.3 Å². The number of nitriles is 1. The molecule has 0 saturated carbocycles. The van der Waals surface area contributed by atoms with Crippen molar-refractivity contribution >= 4 is 27.0 Å². The molecule has 0 spiro atoms. The highest BCUT2D eigenvalue weighted by Crippen LogP contribution is 2.35. The van der Waals surface area contributed by atoms with Gasteiger partial charge >= 0.3 is 6.18 Å². The summed E-state index contributed by atoms with van der Waals surface area (Å²) in [4.78, 5) is 4.31. The molecule has 7 heteroatoms. The smallest absolute Gasteiger partial charge is 0.325 e. The van der Waals surface area contributed by atoms with E-state index in [-0.39, 0.29) is 18.5 Å². The SMILES string of the molecule is Cc1c(CC#N)c2cccnc2n1Cc1ccc(Br)cc1C(F)(F)F. The standard InChI is InChI=1S/C18H13BrF3N3/c1-11-14(6-7-23)15-3-2-8-24-17(15)25(11)10-12-4-5-13(19)9-16(12)18(20,21)22/h2-5,8-9H,6,10H2,1H3. The first-order valence-electron chi connectivity index (χ1n) is 7.48. The minimum absolute atomic E-state index is 0.0346. The third kappa shape index (κ3) is 3.27. The molecule has 3 nitrogen and oxygen atoms in total. The lowest BCUT2D eigenvalue weighted by molar-refractivity contribution is -0.138. The maximum Gasteiger partial charge on any atom is 0.416 e. The molecule has 1 aromatic carbocycles. The van der Waals surface area contributed by atoms with Gasteiger partial charge in [-0.05, 0) is 42.3 Å². The lowest BCUT2D eigenvalue weighted by Crippen LogP contribution is -2.13. The Bertz CT molecular complexity index is 984. The normalized spacial score (nSPS) is 11.7. The zero-order valence-corrected chi connectivity index (χ0v) is 14.8. The zero-order valence-electron chi connectivity index (χ0n) is 13.2. The second kappa shape index (κ2) is 6.52. The predicted octanol–water partition coefficient (Wildman–Crippen LogP) is 5.24. The molecule has 25 heavy (non-hydrogen) atoms. The van der Waals surface area contributed by atoms with E-state index in [9.17, 15) is 13.2 Å². The number of fused-ring (bicyclic) bond motifs is 1. The van der Waals surface area contributed by atoms with Crippen molar-refractivity contribution in [2.24, 2.45) is 0 Å². The summed E-state index contributed by atoms with van der Waals surface area (Å²) in [5, 5.41) is 9.85. The van der Waals surface area contributed by atoms with Crippen LogP contribution in [0.4, 0.5) is 13.2 Å². The molecule has 2 aromatic heterocycles. The average molecular weight is 408 g/mol. The van der Waals surface area contributed by atoms with E-state index in [2.05, 4.69) is 27.0 Å². The Kier molecular flexibility index (Phi) is 4.56. The number of hydrogen-bond acceptors (Lipinski definition) is 2. The molecule has 0 unspecified atom stereocenters. The van der Waals surface area contributed by atoms with Crippen molar-refractivity contribution < 1.29 is 13.2 Å². The van der Waals surface area contributed by atoms with Crippen LogP contribution in [0.1, 0.15) is 22.4 Å². The molecule has 0 fully saturated rings. The molecule has 0 aliphatic rings. The quantitative estimate of drug-likeness (QED) is 0.595. The van der Waals surface area contributed by atoms with E-state index in [1.165, 1.54) is 6.07 Å². The van der Waals surface area contributed by atoms with Crippen molar-refractivity contribution in [3.63, 3.8) is 0 Å². The summed E-state index contributed by atoms with van der Waals surface area (Å²) in [6.45, 7) is 1.84. The number of halogens is 4. The van der Waals surface area contributed by atoms with Crippen molar-refractivity contribution in [3.8, 4) is 6.07 Å². The van der Waals surface area contributed by atoms with Gasteiger partial charge in [0.1, 0.15) is 5.65 Å². The van der Waals surface area contributed by atoms with Crippen LogP contribution in [0.3, 0.4) is 0 Å². The highest BCUT2D eigenvalue weighted by Gasteiger charge is 2.33.